The van der Waals surface area contributed by atoms with Gasteiger partial charge < -0.3 is 10.2 Å². The summed E-state index contributed by atoms with van der Waals surface area (Å²) in [6, 6.07) is 5.73. The fraction of sp³-hybridized carbons (Fsp3) is 0.333. The lowest BCUT2D eigenvalue weighted by Gasteiger charge is -2.24. The van der Waals surface area contributed by atoms with E-state index in [9.17, 15) is 10.2 Å². The molecular formula is C9H9BrO2S. The van der Waals surface area contributed by atoms with Gasteiger partial charge in [-0.2, -0.15) is 0 Å². The van der Waals surface area contributed by atoms with E-state index in [-0.39, 0.29) is 0 Å². The number of thioether (sulfide) groups is 1. The average molecular weight is 261 g/mol. The van der Waals surface area contributed by atoms with Crippen LogP contribution >= 0.6 is 27.7 Å². The number of aliphatic hydroxyl groups excluding tert-OH is 2. The molecule has 0 bridgehead atoms. The Balaban J connectivity index is 2.43. The molecule has 70 valence electrons. The minimum atomic E-state index is -0.538. The summed E-state index contributed by atoms with van der Waals surface area (Å²) in [5.74, 6) is 0. The Morgan fingerprint density at radius 1 is 1.38 bits per heavy atom. The van der Waals surface area contributed by atoms with Gasteiger partial charge in [0.2, 0.25) is 0 Å². The molecule has 0 aromatic heterocycles. The molecule has 2 nitrogen and oxygen atoms in total. The monoisotopic (exact) mass is 260 g/mol. The molecule has 0 amide bonds. The molecule has 2 N–H and O–H groups in total. The molecule has 1 aliphatic heterocycles. The van der Waals surface area contributed by atoms with E-state index in [2.05, 4.69) is 15.9 Å². The van der Waals surface area contributed by atoms with Crippen molar-refractivity contribution >= 4 is 27.7 Å². The number of benzene rings is 1. The summed E-state index contributed by atoms with van der Waals surface area (Å²) in [6.45, 7) is 0. The summed E-state index contributed by atoms with van der Waals surface area (Å²) < 4.78 is 0.960. The third-order valence-corrected chi connectivity index (χ3v) is 3.60. The van der Waals surface area contributed by atoms with Crippen LogP contribution in [0.2, 0.25) is 0 Å². The lowest BCUT2D eigenvalue weighted by atomic mass is 10.1. The molecule has 0 spiro atoms. The molecule has 0 radical (unpaired) electrons. The molecular weight excluding hydrogens is 252 g/mol. The molecule has 1 aliphatic rings. The molecule has 0 fully saturated rings. The second-order valence-corrected chi connectivity index (χ2v) is 5.14. The Kier molecular flexibility index (Phi) is 2.65. The summed E-state index contributed by atoms with van der Waals surface area (Å²) in [5, 5.41) is 19.0. The first-order valence-electron chi connectivity index (χ1n) is 3.99. The lowest BCUT2D eigenvalue weighted by Crippen LogP contribution is -2.14. The molecule has 0 saturated carbocycles. The highest BCUT2D eigenvalue weighted by Gasteiger charge is 2.24. The second kappa shape index (κ2) is 3.61. The fourth-order valence-corrected chi connectivity index (χ4v) is 2.83. The molecule has 1 aromatic carbocycles. The van der Waals surface area contributed by atoms with E-state index in [4.69, 9.17) is 0 Å². The normalized spacial score (nSPS) is 27.0. The zero-order chi connectivity index (χ0) is 9.42. The second-order valence-electron chi connectivity index (χ2n) is 3.01. The maximum atomic E-state index is 9.66. The van der Waals surface area contributed by atoms with Crippen LogP contribution in [0.15, 0.2) is 27.6 Å². The van der Waals surface area contributed by atoms with E-state index in [0.717, 1.165) is 14.9 Å². The van der Waals surface area contributed by atoms with Gasteiger partial charge in [0.05, 0.1) is 6.10 Å². The van der Waals surface area contributed by atoms with Gasteiger partial charge in [-0.1, -0.05) is 27.7 Å². The first-order valence-corrected chi connectivity index (χ1v) is 5.66. The maximum absolute atomic E-state index is 9.66. The predicted octanol–water partition coefficient (Wildman–Crippen LogP) is 2.30. The number of rotatable bonds is 0. The molecule has 1 heterocycles. The summed E-state index contributed by atoms with van der Waals surface area (Å²) in [6.07, 6.45) is -0.127. The molecule has 2 unspecified atom stereocenters. The van der Waals surface area contributed by atoms with Crippen LogP contribution in [-0.4, -0.2) is 15.6 Å². The molecule has 1 aromatic rings. The molecule has 0 aliphatic carbocycles. The first kappa shape index (κ1) is 9.52. The predicted molar refractivity (Wildman–Crippen MR) is 55.6 cm³/mol. The minimum absolute atomic E-state index is 0.411. The third kappa shape index (κ3) is 1.91. The van der Waals surface area contributed by atoms with E-state index in [1.165, 1.54) is 11.8 Å². The van der Waals surface area contributed by atoms with E-state index < -0.39 is 11.5 Å². The van der Waals surface area contributed by atoms with Gasteiger partial charge in [0.25, 0.3) is 0 Å². The highest BCUT2D eigenvalue weighted by molar-refractivity contribution is 9.10. The quantitative estimate of drug-likeness (QED) is 0.752. The standard InChI is InChI=1S/C9H9BrO2S/c10-5-1-2-8-6(3-5)7(11)4-9(12)13-8/h1-3,7,9,11-12H,4H2. The van der Waals surface area contributed by atoms with Crippen molar-refractivity contribution in [3.8, 4) is 0 Å². The Hall–Kier alpha value is -0.0300. The summed E-state index contributed by atoms with van der Waals surface area (Å²) in [5.41, 5.74) is 0.424. The number of hydrogen-bond acceptors (Lipinski definition) is 3. The first-order chi connectivity index (χ1) is 6.16. The lowest BCUT2D eigenvalue weighted by molar-refractivity contribution is 0.115. The van der Waals surface area contributed by atoms with Crippen molar-refractivity contribution in [3.63, 3.8) is 0 Å². The van der Waals surface area contributed by atoms with Gasteiger partial charge in [-0.25, -0.2) is 0 Å². The van der Waals surface area contributed by atoms with Gasteiger partial charge in [0, 0.05) is 15.8 Å². The van der Waals surface area contributed by atoms with Gasteiger partial charge in [0.1, 0.15) is 5.44 Å². The van der Waals surface area contributed by atoms with E-state index in [0.29, 0.717) is 6.42 Å². The van der Waals surface area contributed by atoms with Gasteiger partial charge >= 0.3 is 0 Å². The fourth-order valence-electron chi connectivity index (χ4n) is 1.40. The van der Waals surface area contributed by atoms with Crippen LogP contribution in [0.1, 0.15) is 18.1 Å². The maximum Gasteiger partial charge on any atom is 0.107 e. The number of hydrogen-bond donors (Lipinski definition) is 2. The highest BCUT2D eigenvalue weighted by atomic mass is 79.9. The van der Waals surface area contributed by atoms with Crippen LogP contribution in [0, 0.1) is 0 Å². The van der Waals surface area contributed by atoms with Crippen LogP contribution in [0.3, 0.4) is 0 Å². The van der Waals surface area contributed by atoms with E-state index in [1.54, 1.807) is 0 Å². The Morgan fingerprint density at radius 3 is 2.92 bits per heavy atom. The van der Waals surface area contributed by atoms with Crippen LogP contribution in [-0.2, 0) is 0 Å². The SMILES string of the molecule is OC1CC(O)c2cc(Br)ccc2S1. The smallest absolute Gasteiger partial charge is 0.107 e. The van der Waals surface area contributed by atoms with E-state index >= 15 is 0 Å². The zero-order valence-electron chi connectivity index (χ0n) is 6.77. The minimum Gasteiger partial charge on any atom is -0.388 e. The van der Waals surface area contributed by atoms with Crippen LogP contribution in [0.4, 0.5) is 0 Å². The van der Waals surface area contributed by atoms with Gasteiger partial charge in [0.15, 0.2) is 0 Å². The highest BCUT2D eigenvalue weighted by Crippen LogP contribution is 2.40. The largest absolute Gasteiger partial charge is 0.388 e. The molecule has 13 heavy (non-hydrogen) atoms. The van der Waals surface area contributed by atoms with Gasteiger partial charge in [-0.15, -0.1) is 0 Å². The molecule has 4 heteroatoms. The van der Waals surface area contributed by atoms with Crippen molar-refractivity contribution in [3.05, 3.63) is 28.2 Å². The third-order valence-electron chi connectivity index (χ3n) is 2.02. The Bertz CT molecular complexity index is 329. The van der Waals surface area contributed by atoms with E-state index in [1.807, 2.05) is 18.2 Å². The van der Waals surface area contributed by atoms with Crippen LogP contribution in [0.25, 0.3) is 0 Å². The summed E-state index contributed by atoms with van der Waals surface area (Å²) >= 11 is 4.75. The van der Waals surface area contributed by atoms with Crippen molar-refractivity contribution in [2.75, 3.05) is 0 Å². The molecule has 2 atom stereocenters. The number of aliphatic hydroxyl groups is 2. The number of halogens is 1. The Morgan fingerprint density at radius 2 is 2.15 bits per heavy atom. The topological polar surface area (TPSA) is 40.5 Å². The summed E-state index contributed by atoms with van der Waals surface area (Å²) in [7, 11) is 0. The summed E-state index contributed by atoms with van der Waals surface area (Å²) in [4.78, 5) is 0.967. The zero-order valence-corrected chi connectivity index (χ0v) is 9.18. The number of fused-ring (bicyclic) bond motifs is 1. The van der Waals surface area contributed by atoms with Gasteiger partial charge in [-0.3, -0.25) is 0 Å². The van der Waals surface area contributed by atoms with Crippen LogP contribution < -0.4 is 0 Å². The Labute approximate surface area is 89.1 Å². The van der Waals surface area contributed by atoms with Gasteiger partial charge in [-0.05, 0) is 23.8 Å². The molecule has 0 saturated heterocycles. The van der Waals surface area contributed by atoms with Crippen LogP contribution in [0.5, 0.6) is 0 Å². The average Bonchev–Trinajstić information content (AvgIpc) is 2.06. The van der Waals surface area contributed by atoms with Crippen molar-refractivity contribution in [1.29, 1.82) is 0 Å². The molecule has 2 rings (SSSR count). The van der Waals surface area contributed by atoms with Crippen molar-refractivity contribution < 1.29 is 10.2 Å². The van der Waals surface area contributed by atoms with Crippen molar-refractivity contribution in [1.82, 2.24) is 0 Å². The van der Waals surface area contributed by atoms with Crippen molar-refractivity contribution in [2.24, 2.45) is 0 Å². The van der Waals surface area contributed by atoms with Crippen molar-refractivity contribution in [2.45, 2.75) is 22.9 Å².